The van der Waals surface area contributed by atoms with Gasteiger partial charge < -0.3 is 4.74 Å². The predicted molar refractivity (Wildman–Crippen MR) is 52.3 cm³/mol. The van der Waals surface area contributed by atoms with Gasteiger partial charge in [0.15, 0.2) is 0 Å². The normalized spacial score (nSPS) is 12.8. The molecule has 0 bridgehead atoms. The first-order chi connectivity index (χ1) is 6.70. The highest BCUT2D eigenvalue weighted by atomic mass is 16.6. The molecule has 1 aromatic rings. The first kappa shape index (κ1) is 10.4. The fourth-order valence-corrected chi connectivity index (χ4v) is 1.30. The zero-order valence-electron chi connectivity index (χ0n) is 8.46. The van der Waals surface area contributed by atoms with Gasteiger partial charge in [0.05, 0.1) is 11.1 Å². The zero-order chi connectivity index (χ0) is 10.7. The number of cyclic esters (lactones) is 2. The molecule has 1 aromatic carbocycles. The third-order valence-corrected chi connectivity index (χ3v) is 1.88. The van der Waals surface area contributed by atoms with Crippen molar-refractivity contribution in [3.63, 3.8) is 0 Å². The number of fused-ring (bicyclic) bond motifs is 1. The van der Waals surface area contributed by atoms with E-state index in [9.17, 15) is 9.59 Å². The summed E-state index contributed by atoms with van der Waals surface area (Å²) in [6.07, 6.45) is 0. The van der Waals surface area contributed by atoms with Crippen LogP contribution in [0.2, 0.25) is 0 Å². The summed E-state index contributed by atoms with van der Waals surface area (Å²) in [6, 6.07) is 5.10. The molecule has 14 heavy (non-hydrogen) atoms. The molecule has 0 atom stereocenters. The van der Waals surface area contributed by atoms with Crippen molar-refractivity contribution >= 4 is 11.9 Å². The van der Waals surface area contributed by atoms with E-state index in [2.05, 4.69) is 4.74 Å². The lowest BCUT2D eigenvalue weighted by molar-refractivity contribution is 0.0443. The molecular formula is C11H12O3. The lowest BCUT2D eigenvalue weighted by Crippen LogP contribution is -1.97. The van der Waals surface area contributed by atoms with Crippen molar-refractivity contribution in [2.45, 2.75) is 20.8 Å². The number of hydrogen-bond acceptors (Lipinski definition) is 3. The molecule has 0 saturated carbocycles. The summed E-state index contributed by atoms with van der Waals surface area (Å²) >= 11 is 0. The molecule has 0 aromatic heterocycles. The number of aryl methyl sites for hydroxylation is 1. The Morgan fingerprint density at radius 1 is 1.07 bits per heavy atom. The second kappa shape index (κ2) is 4.05. The van der Waals surface area contributed by atoms with Gasteiger partial charge in [0.2, 0.25) is 0 Å². The van der Waals surface area contributed by atoms with Crippen LogP contribution in [0.25, 0.3) is 0 Å². The summed E-state index contributed by atoms with van der Waals surface area (Å²) in [5.74, 6) is -1.08. The maximum absolute atomic E-state index is 11.1. The Labute approximate surface area is 82.7 Å². The molecule has 2 rings (SSSR count). The van der Waals surface area contributed by atoms with E-state index in [0.717, 1.165) is 5.56 Å². The second-order valence-electron chi connectivity index (χ2n) is 2.67. The average molecular weight is 192 g/mol. The van der Waals surface area contributed by atoms with Gasteiger partial charge in [-0.3, -0.25) is 0 Å². The molecule has 0 fully saturated rings. The fourth-order valence-electron chi connectivity index (χ4n) is 1.30. The van der Waals surface area contributed by atoms with Crippen LogP contribution < -0.4 is 0 Å². The minimum Gasteiger partial charge on any atom is -0.386 e. The second-order valence-corrected chi connectivity index (χ2v) is 2.67. The molecule has 1 heterocycles. The summed E-state index contributed by atoms with van der Waals surface area (Å²) < 4.78 is 4.43. The van der Waals surface area contributed by atoms with Gasteiger partial charge >= 0.3 is 11.9 Å². The van der Waals surface area contributed by atoms with Crippen LogP contribution in [0, 0.1) is 6.92 Å². The lowest BCUT2D eigenvalue weighted by Gasteiger charge is -1.94. The maximum Gasteiger partial charge on any atom is 0.347 e. The van der Waals surface area contributed by atoms with Crippen LogP contribution in [-0.4, -0.2) is 11.9 Å². The van der Waals surface area contributed by atoms with E-state index in [4.69, 9.17) is 0 Å². The predicted octanol–water partition coefficient (Wildman–Crippen LogP) is 2.33. The number of carbonyl (C=O) groups excluding carboxylic acids is 2. The highest BCUT2D eigenvalue weighted by Crippen LogP contribution is 2.22. The molecule has 1 aliphatic rings. The van der Waals surface area contributed by atoms with Gasteiger partial charge in [0, 0.05) is 0 Å². The molecule has 3 heteroatoms. The van der Waals surface area contributed by atoms with E-state index >= 15 is 0 Å². The largest absolute Gasteiger partial charge is 0.386 e. The highest BCUT2D eigenvalue weighted by Gasteiger charge is 2.30. The van der Waals surface area contributed by atoms with Gasteiger partial charge in [-0.15, -0.1) is 0 Å². The minimum atomic E-state index is -0.543. The van der Waals surface area contributed by atoms with E-state index in [1.54, 1.807) is 25.1 Å². The van der Waals surface area contributed by atoms with Crippen molar-refractivity contribution in [1.82, 2.24) is 0 Å². The molecular weight excluding hydrogens is 180 g/mol. The summed E-state index contributed by atoms with van der Waals surface area (Å²) in [5, 5.41) is 0. The molecule has 0 spiro atoms. The van der Waals surface area contributed by atoms with Gasteiger partial charge in [-0.05, 0) is 18.6 Å². The van der Waals surface area contributed by atoms with Gasteiger partial charge in [-0.1, -0.05) is 26.0 Å². The third-order valence-electron chi connectivity index (χ3n) is 1.88. The number of hydrogen-bond donors (Lipinski definition) is 0. The summed E-state index contributed by atoms with van der Waals surface area (Å²) in [5.41, 5.74) is 1.56. The summed E-state index contributed by atoms with van der Waals surface area (Å²) in [4.78, 5) is 22.0. The number of ether oxygens (including phenoxy) is 1. The van der Waals surface area contributed by atoms with Crippen LogP contribution in [0.15, 0.2) is 18.2 Å². The van der Waals surface area contributed by atoms with Gasteiger partial charge in [0.1, 0.15) is 0 Å². The SMILES string of the molecule is CC.Cc1cccc2c1C(=O)OC2=O. The van der Waals surface area contributed by atoms with E-state index in [1.807, 2.05) is 13.8 Å². The fraction of sp³-hybridized carbons (Fsp3) is 0.273. The zero-order valence-corrected chi connectivity index (χ0v) is 8.46. The highest BCUT2D eigenvalue weighted by molar-refractivity contribution is 6.15. The summed E-state index contributed by atoms with van der Waals surface area (Å²) in [7, 11) is 0. The Morgan fingerprint density at radius 3 is 2.29 bits per heavy atom. The number of esters is 2. The Morgan fingerprint density at radius 2 is 1.71 bits per heavy atom. The van der Waals surface area contributed by atoms with Crippen LogP contribution in [-0.2, 0) is 4.74 Å². The Bertz CT molecular complexity index is 380. The minimum absolute atomic E-state index is 0.375. The van der Waals surface area contributed by atoms with Crippen LogP contribution in [0.1, 0.15) is 40.1 Å². The number of rotatable bonds is 0. The van der Waals surface area contributed by atoms with Crippen molar-refractivity contribution < 1.29 is 14.3 Å². The van der Waals surface area contributed by atoms with E-state index in [1.165, 1.54) is 0 Å². The number of benzene rings is 1. The molecule has 0 saturated heterocycles. The lowest BCUT2D eigenvalue weighted by atomic mass is 10.0. The molecule has 1 aliphatic heterocycles. The molecule has 0 amide bonds. The van der Waals surface area contributed by atoms with Crippen molar-refractivity contribution in [2.24, 2.45) is 0 Å². The smallest absolute Gasteiger partial charge is 0.347 e. The Kier molecular flexibility index (Phi) is 3.02. The van der Waals surface area contributed by atoms with E-state index in [0.29, 0.717) is 11.1 Å². The van der Waals surface area contributed by atoms with Gasteiger partial charge in [0.25, 0.3) is 0 Å². The molecule has 74 valence electrons. The first-order valence-electron chi connectivity index (χ1n) is 4.56. The Balaban J connectivity index is 0.000000461. The molecule has 0 radical (unpaired) electrons. The molecule has 0 aliphatic carbocycles. The van der Waals surface area contributed by atoms with Gasteiger partial charge in [-0.25, -0.2) is 9.59 Å². The Hall–Kier alpha value is -1.64. The van der Waals surface area contributed by atoms with Crippen molar-refractivity contribution in [1.29, 1.82) is 0 Å². The van der Waals surface area contributed by atoms with Crippen LogP contribution >= 0.6 is 0 Å². The van der Waals surface area contributed by atoms with Gasteiger partial charge in [-0.2, -0.15) is 0 Å². The molecule has 0 unspecified atom stereocenters. The van der Waals surface area contributed by atoms with Crippen LogP contribution in [0.5, 0.6) is 0 Å². The number of carbonyl (C=O) groups is 2. The maximum atomic E-state index is 11.1. The standard InChI is InChI=1S/C9H6O3.C2H6/c1-5-3-2-4-6-7(5)9(11)12-8(6)10;1-2/h2-4H,1H3;1-2H3. The van der Waals surface area contributed by atoms with Crippen molar-refractivity contribution in [3.05, 3.63) is 34.9 Å². The molecule has 0 N–H and O–H groups in total. The topological polar surface area (TPSA) is 43.4 Å². The molecule has 3 nitrogen and oxygen atoms in total. The third kappa shape index (κ3) is 1.53. The first-order valence-corrected chi connectivity index (χ1v) is 4.56. The average Bonchev–Trinajstić information content (AvgIpc) is 2.47. The van der Waals surface area contributed by atoms with Crippen molar-refractivity contribution in [2.75, 3.05) is 0 Å². The van der Waals surface area contributed by atoms with E-state index in [-0.39, 0.29) is 0 Å². The van der Waals surface area contributed by atoms with Crippen LogP contribution in [0.3, 0.4) is 0 Å². The summed E-state index contributed by atoms with van der Waals surface area (Å²) in [6.45, 7) is 5.78. The van der Waals surface area contributed by atoms with Crippen molar-refractivity contribution in [3.8, 4) is 0 Å². The van der Waals surface area contributed by atoms with E-state index < -0.39 is 11.9 Å². The van der Waals surface area contributed by atoms with Crippen LogP contribution in [0.4, 0.5) is 0 Å². The monoisotopic (exact) mass is 192 g/mol. The quantitative estimate of drug-likeness (QED) is 0.468.